The normalized spacial score (nSPS) is 11.7. The first-order valence-electron chi connectivity index (χ1n) is 5.47. The van der Waals surface area contributed by atoms with E-state index in [1.54, 1.807) is 19.1 Å². The lowest BCUT2D eigenvalue weighted by atomic mass is 10.1. The molecule has 1 rings (SSSR count). The summed E-state index contributed by atoms with van der Waals surface area (Å²) in [4.78, 5) is 22.8. The fraction of sp³-hybridized carbons (Fsp3) is 0.385. The Hall–Kier alpha value is -1.84. The molecule has 0 fully saturated rings. The maximum absolute atomic E-state index is 11.8. The molecule has 4 nitrogen and oxygen atoms in total. The second-order valence-corrected chi connectivity index (χ2v) is 4.02. The summed E-state index contributed by atoms with van der Waals surface area (Å²) >= 11 is 0. The van der Waals surface area contributed by atoms with Crippen molar-refractivity contribution in [2.24, 2.45) is 0 Å². The van der Waals surface area contributed by atoms with Gasteiger partial charge in [-0.15, -0.1) is 0 Å². The summed E-state index contributed by atoms with van der Waals surface area (Å²) < 4.78 is 4.53. The number of rotatable bonds is 4. The van der Waals surface area contributed by atoms with Gasteiger partial charge in [-0.3, -0.25) is 9.59 Å². The van der Waals surface area contributed by atoms with Crippen molar-refractivity contribution in [2.75, 3.05) is 7.11 Å². The Balaban J connectivity index is 2.54. The third kappa shape index (κ3) is 4.26. The van der Waals surface area contributed by atoms with E-state index in [2.05, 4.69) is 10.1 Å². The van der Waals surface area contributed by atoms with E-state index in [0.717, 1.165) is 5.56 Å². The number of carbonyl (C=O) groups excluding carboxylic acids is 2. The number of hydrogen-bond donors (Lipinski definition) is 1. The Kier molecular flexibility index (Phi) is 4.69. The molecule has 92 valence electrons. The van der Waals surface area contributed by atoms with Crippen molar-refractivity contribution < 1.29 is 14.3 Å². The molecule has 17 heavy (non-hydrogen) atoms. The lowest BCUT2D eigenvalue weighted by molar-refractivity contribution is -0.141. The van der Waals surface area contributed by atoms with Crippen molar-refractivity contribution in [2.45, 2.75) is 26.3 Å². The van der Waals surface area contributed by atoms with E-state index < -0.39 is 0 Å². The van der Waals surface area contributed by atoms with Gasteiger partial charge >= 0.3 is 5.97 Å². The Morgan fingerprint density at radius 3 is 2.41 bits per heavy atom. The van der Waals surface area contributed by atoms with Crippen LogP contribution in [0.15, 0.2) is 24.3 Å². The maximum Gasteiger partial charge on any atom is 0.307 e. The summed E-state index contributed by atoms with van der Waals surface area (Å²) in [5.41, 5.74) is 1.69. The van der Waals surface area contributed by atoms with E-state index in [-0.39, 0.29) is 24.3 Å². The zero-order valence-corrected chi connectivity index (χ0v) is 10.3. The van der Waals surface area contributed by atoms with Crippen LogP contribution in [0.5, 0.6) is 0 Å². The Labute approximate surface area is 101 Å². The number of benzene rings is 1. The van der Waals surface area contributed by atoms with Crippen LogP contribution < -0.4 is 5.32 Å². The first-order valence-corrected chi connectivity index (χ1v) is 5.47. The molecule has 0 spiro atoms. The minimum Gasteiger partial charge on any atom is -0.469 e. The van der Waals surface area contributed by atoms with Gasteiger partial charge in [0.1, 0.15) is 0 Å². The molecule has 0 unspecified atom stereocenters. The van der Waals surface area contributed by atoms with Crippen molar-refractivity contribution in [1.82, 2.24) is 5.32 Å². The molecular weight excluding hydrogens is 218 g/mol. The van der Waals surface area contributed by atoms with E-state index >= 15 is 0 Å². The van der Waals surface area contributed by atoms with E-state index in [1.807, 2.05) is 19.1 Å². The van der Waals surface area contributed by atoms with Crippen LogP contribution in [-0.2, 0) is 9.53 Å². The smallest absolute Gasteiger partial charge is 0.307 e. The zero-order valence-electron chi connectivity index (χ0n) is 10.3. The topological polar surface area (TPSA) is 55.4 Å². The first-order chi connectivity index (χ1) is 8.02. The molecule has 0 bridgehead atoms. The minimum absolute atomic E-state index is 0.175. The van der Waals surface area contributed by atoms with Gasteiger partial charge in [-0.05, 0) is 26.0 Å². The monoisotopic (exact) mass is 235 g/mol. The van der Waals surface area contributed by atoms with Crippen molar-refractivity contribution >= 4 is 11.9 Å². The SMILES string of the molecule is COC(=O)C[C@@H](C)NC(=O)c1ccc(C)cc1. The van der Waals surface area contributed by atoms with Gasteiger partial charge in [0, 0.05) is 11.6 Å². The highest BCUT2D eigenvalue weighted by molar-refractivity contribution is 5.94. The van der Waals surface area contributed by atoms with Gasteiger partial charge in [0.15, 0.2) is 0 Å². The van der Waals surface area contributed by atoms with E-state index in [4.69, 9.17) is 0 Å². The molecule has 0 aliphatic carbocycles. The molecule has 1 N–H and O–H groups in total. The third-order valence-corrected chi connectivity index (χ3v) is 2.39. The lowest BCUT2D eigenvalue weighted by Crippen LogP contribution is -2.34. The average molecular weight is 235 g/mol. The number of carbonyl (C=O) groups is 2. The van der Waals surface area contributed by atoms with Crippen LogP contribution in [-0.4, -0.2) is 25.0 Å². The van der Waals surface area contributed by atoms with Crippen molar-refractivity contribution in [3.05, 3.63) is 35.4 Å². The molecule has 1 aromatic rings. The van der Waals surface area contributed by atoms with E-state index in [0.29, 0.717) is 5.56 Å². The summed E-state index contributed by atoms with van der Waals surface area (Å²) in [6.07, 6.45) is 0.175. The standard InChI is InChI=1S/C13H17NO3/c1-9-4-6-11(7-5-9)13(16)14-10(2)8-12(15)17-3/h4-7,10H,8H2,1-3H3,(H,14,16)/t10-/m1/s1. The fourth-order valence-electron chi connectivity index (χ4n) is 1.40. The molecule has 1 aromatic carbocycles. The molecule has 0 aromatic heterocycles. The second kappa shape index (κ2) is 6.03. The van der Waals surface area contributed by atoms with Crippen LogP contribution in [0.4, 0.5) is 0 Å². The van der Waals surface area contributed by atoms with Crippen molar-refractivity contribution in [1.29, 1.82) is 0 Å². The quantitative estimate of drug-likeness (QED) is 0.808. The van der Waals surface area contributed by atoms with Crippen LogP contribution in [0.2, 0.25) is 0 Å². The van der Waals surface area contributed by atoms with Crippen LogP contribution in [0, 0.1) is 6.92 Å². The van der Waals surface area contributed by atoms with Gasteiger partial charge in [-0.2, -0.15) is 0 Å². The Morgan fingerprint density at radius 2 is 1.88 bits per heavy atom. The summed E-state index contributed by atoms with van der Waals surface area (Å²) in [7, 11) is 1.33. The van der Waals surface area contributed by atoms with Gasteiger partial charge in [0.25, 0.3) is 5.91 Å². The second-order valence-electron chi connectivity index (χ2n) is 4.02. The van der Waals surface area contributed by atoms with Gasteiger partial charge in [-0.25, -0.2) is 0 Å². The van der Waals surface area contributed by atoms with Crippen LogP contribution in [0.3, 0.4) is 0 Å². The molecule has 0 saturated heterocycles. The van der Waals surface area contributed by atoms with Gasteiger partial charge in [-0.1, -0.05) is 17.7 Å². The largest absolute Gasteiger partial charge is 0.469 e. The number of amides is 1. The number of nitrogens with one attached hydrogen (secondary N) is 1. The molecule has 0 heterocycles. The number of hydrogen-bond acceptors (Lipinski definition) is 3. The number of methoxy groups -OCH3 is 1. The molecule has 1 atom stereocenters. The van der Waals surface area contributed by atoms with Gasteiger partial charge < -0.3 is 10.1 Å². The maximum atomic E-state index is 11.8. The van der Waals surface area contributed by atoms with Crippen molar-refractivity contribution in [3.63, 3.8) is 0 Å². The van der Waals surface area contributed by atoms with E-state index in [1.165, 1.54) is 7.11 Å². The van der Waals surface area contributed by atoms with Gasteiger partial charge in [0.2, 0.25) is 0 Å². The van der Waals surface area contributed by atoms with E-state index in [9.17, 15) is 9.59 Å². The molecule has 1 amide bonds. The lowest BCUT2D eigenvalue weighted by Gasteiger charge is -2.12. The highest BCUT2D eigenvalue weighted by Gasteiger charge is 2.13. The van der Waals surface area contributed by atoms with Crippen LogP contribution >= 0.6 is 0 Å². The predicted molar refractivity (Wildman–Crippen MR) is 64.7 cm³/mol. The third-order valence-electron chi connectivity index (χ3n) is 2.39. The Bertz CT molecular complexity index is 398. The summed E-state index contributed by atoms with van der Waals surface area (Å²) in [5.74, 6) is -0.511. The van der Waals surface area contributed by atoms with Crippen molar-refractivity contribution in [3.8, 4) is 0 Å². The molecule has 4 heteroatoms. The zero-order chi connectivity index (χ0) is 12.8. The number of ether oxygens (including phenoxy) is 1. The summed E-state index contributed by atoms with van der Waals surface area (Å²) in [6.45, 7) is 3.73. The van der Waals surface area contributed by atoms with Crippen LogP contribution in [0.25, 0.3) is 0 Å². The summed E-state index contributed by atoms with van der Waals surface area (Å²) in [6, 6.07) is 7.03. The predicted octanol–water partition coefficient (Wildman–Crippen LogP) is 1.68. The average Bonchev–Trinajstić information content (AvgIpc) is 2.29. The first kappa shape index (κ1) is 13.2. The highest BCUT2D eigenvalue weighted by Crippen LogP contribution is 2.04. The fourth-order valence-corrected chi connectivity index (χ4v) is 1.40. The molecule has 0 aliphatic heterocycles. The molecule has 0 radical (unpaired) electrons. The van der Waals surface area contributed by atoms with Gasteiger partial charge in [0.05, 0.1) is 13.5 Å². The highest BCUT2D eigenvalue weighted by atomic mass is 16.5. The number of aryl methyl sites for hydroxylation is 1. The molecular formula is C13H17NO3. The molecule has 0 aliphatic rings. The van der Waals surface area contributed by atoms with Crippen LogP contribution in [0.1, 0.15) is 29.3 Å². The molecule has 0 saturated carbocycles. The Morgan fingerprint density at radius 1 is 1.29 bits per heavy atom. The number of esters is 1. The summed E-state index contributed by atoms with van der Waals surface area (Å²) in [5, 5.41) is 2.74. The minimum atomic E-state index is -0.332.